The van der Waals surface area contributed by atoms with E-state index in [2.05, 4.69) is 10.0 Å². The lowest BCUT2D eigenvalue weighted by Gasteiger charge is -2.15. The maximum absolute atomic E-state index is 12.7. The summed E-state index contributed by atoms with van der Waals surface area (Å²) in [4.78, 5) is 23.6. The number of hydrogen-bond acceptors (Lipinski definition) is 5. The summed E-state index contributed by atoms with van der Waals surface area (Å²) in [5.74, 6) is -1.98. The largest absolute Gasteiger partial charge is 0.507 e. The second-order valence-corrected chi connectivity index (χ2v) is 9.03. The molecule has 0 saturated heterocycles. The van der Waals surface area contributed by atoms with Gasteiger partial charge in [-0.2, -0.15) is 4.72 Å². The number of carbonyl (C=O) groups excluding carboxylic acids is 1. The number of hydrogen-bond donors (Lipinski definition) is 4. The molecule has 4 N–H and O–H groups in total. The number of benzene rings is 3. The molecule has 0 fully saturated rings. The van der Waals surface area contributed by atoms with Crippen molar-refractivity contribution in [3.63, 3.8) is 0 Å². The molecule has 0 aliphatic carbocycles. The second kappa shape index (κ2) is 10.8. The molecule has 0 aliphatic heterocycles. The molecule has 0 aromatic heterocycles. The van der Waals surface area contributed by atoms with Crippen LogP contribution >= 0.6 is 0 Å². The van der Waals surface area contributed by atoms with E-state index in [1.165, 1.54) is 24.3 Å². The van der Waals surface area contributed by atoms with Gasteiger partial charge in [-0.1, -0.05) is 54.6 Å². The maximum atomic E-state index is 12.7. The van der Waals surface area contributed by atoms with Crippen molar-refractivity contribution in [1.29, 1.82) is 0 Å². The van der Waals surface area contributed by atoms with Crippen LogP contribution in [-0.2, 0) is 14.8 Å². The number of para-hydroxylation sites is 1. The van der Waals surface area contributed by atoms with Crippen molar-refractivity contribution in [3.8, 4) is 16.9 Å². The first-order valence-electron chi connectivity index (χ1n) is 10.2. The minimum Gasteiger partial charge on any atom is -0.507 e. The van der Waals surface area contributed by atoms with Crippen LogP contribution in [0.25, 0.3) is 11.1 Å². The summed E-state index contributed by atoms with van der Waals surface area (Å²) in [6.07, 6.45) is 0.184. The summed E-state index contributed by atoms with van der Waals surface area (Å²) >= 11 is 0. The molecule has 9 heteroatoms. The number of phenols is 1. The highest BCUT2D eigenvalue weighted by Crippen LogP contribution is 2.21. The standard InChI is InChI=1S/C24H24N2O6S/c27-22-11-5-4-9-20(22)23(28)25-16-6-10-21(24(29)30)26-33(31,32)19-14-12-18(13-15-19)17-7-2-1-3-8-17/h1-5,7-9,11-15,21,26-27H,6,10,16H2,(H,25,28)(H,29,30). The maximum Gasteiger partial charge on any atom is 0.321 e. The molecule has 33 heavy (non-hydrogen) atoms. The zero-order chi connectivity index (χ0) is 23.8. The molecule has 0 aliphatic rings. The van der Waals surface area contributed by atoms with Gasteiger partial charge in [0.25, 0.3) is 5.91 Å². The Morgan fingerprint density at radius 1 is 0.848 bits per heavy atom. The molecule has 0 spiro atoms. The summed E-state index contributed by atoms with van der Waals surface area (Å²) in [5.41, 5.74) is 1.88. The van der Waals surface area contributed by atoms with E-state index in [9.17, 15) is 28.2 Å². The fourth-order valence-corrected chi connectivity index (χ4v) is 4.44. The van der Waals surface area contributed by atoms with Gasteiger partial charge in [0.2, 0.25) is 10.0 Å². The van der Waals surface area contributed by atoms with E-state index in [1.54, 1.807) is 24.3 Å². The molecule has 8 nitrogen and oxygen atoms in total. The van der Waals surface area contributed by atoms with Crippen LogP contribution in [0.1, 0.15) is 23.2 Å². The van der Waals surface area contributed by atoms with Crippen molar-refractivity contribution in [3.05, 3.63) is 84.4 Å². The Labute approximate surface area is 192 Å². The Bertz CT molecular complexity index is 1210. The molecule has 3 aromatic carbocycles. The number of carboxylic acids is 1. The number of phenolic OH excluding ortho intramolecular Hbond substituents is 1. The van der Waals surface area contributed by atoms with Crippen LogP contribution < -0.4 is 10.0 Å². The van der Waals surface area contributed by atoms with Crippen LogP contribution in [0.5, 0.6) is 5.75 Å². The molecule has 172 valence electrons. The third-order valence-electron chi connectivity index (χ3n) is 4.97. The lowest BCUT2D eigenvalue weighted by molar-refractivity contribution is -0.139. The first-order chi connectivity index (χ1) is 15.8. The zero-order valence-corrected chi connectivity index (χ0v) is 18.5. The van der Waals surface area contributed by atoms with Gasteiger partial charge in [0.15, 0.2) is 0 Å². The molecule has 1 amide bonds. The van der Waals surface area contributed by atoms with Crippen molar-refractivity contribution in [1.82, 2.24) is 10.0 Å². The summed E-state index contributed by atoms with van der Waals surface area (Å²) in [6.45, 7) is 0.116. The second-order valence-electron chi connectivity index (χ2n) is 7.32. The monoisotopic (exact) mass is 468 g/mol. The van der Waals surface area contributed by atoms with Crippen LogP contribution in [0.3, 0.4) is 0 Å². The lowest BCUT2D eigenvalue weighted by atomic mass is 10.1. The van der Waals surface area contributed by atoms with Crippen LogP contribution in [0.2, 0.25) is 0 Å². The molecule has 3 aromatic rings. The Balaban J connectivity index is 1.58. The molecule has 1 unspecified atom stereocenters. The third-order valence-corrected chi connectivity index (χ3v) is 6.46. The van der Waals surface area contributed by atoms with Gasteiger partial charge in [-0.05, 0) is 48.2 Å². The van der Waals surface area contributed by atoms with Gasteiger partial charge in [-0.3, -0.25) is 9.59 Å². The number of aromatic hydroxyl groups is 1. The topological polar surface area (TPSA) is 133 Å². The first-order valence-corrected chi connectivity index (χ1v) is 11.7. The van der Waals surface area contributed by atoms with Crippen LogP contribution in [0, 0.1) is 0 Å². The fraction of sp³-hybridized carbons (Fsp3) is 0.167. The summed E-state index contributed by atoms with van der Waals surface area (Å²) in [7, 11) is -4.06. The summed E-state index contributed by atoms with van der Waals surface area (Å²) in [5, 5.41) is 21.7. The van der Waals surface area contributed by atoms with E-state index in [-0.39, 0.29) is 35.6 Å². The van der Waals surface area contributed by atoms with Crippen LogP contribution in [0.15, 0.2) is 83.8 Å². The third kappa shape index (κ3) is 6.41. The predicted octanol–water partition coefficient (Wildman–Crippen LogP) is 3.00. The normalized spacial score (nSPS) is 12.1. The minimum atomic E-state index is -4.06. The van der Waals surface area contributed by atoms with Gasteiger partial charge in [0.05, 0.1) is 10.5 Å². The highest BCUT2D eigenvalue weighted by atomic mass is 32.2. The van der Waals surface area contributed by atoms with Gasteiger partial charge in [0.1, 0.15) is 11.8 Å². The quantitative estimate of drug-likeness (QED) is 0.338. The average molecular weight is 469 g/mol. The Morgan fingerprint density at radius 3 is 2.09 bits per heavy atom. The highest BCUT2D eigenvalue weighted by Gasteiger charge is 2.25. The van der Waals surface area contributed by atoms with Gasteiger partial charge in [-0.15, -0.1) is 0 Å². The number of amides is 1. The summed E-state index contributed by atoms with van der Waals surface area (Å²) in [6, 6.07) is 20.3. The smallest absolute Gasteiger partial charge is 0.321 e. The molecular weight excluding hydrogens is 444 g/mol. The fourth-order valence-electron chi connectivity index (χ4n) is 3.21. The Hall–Kier alpha value is -3.69. The Kier molecular flexibility index (Phi) is 7.81. The Morgan fingerprint density at radius 2 is 1.45 bits per heavy atom. The van der Waals surface area contributed by atoms with E-state index in [4.69, 9.17) is 0 Å². The van der Waals surface area contributed by atoms with Gasteiger partial charge in [0, 0.05) is 6.54 Å². The van der Waals surface area contributed by atoms with Crippen molar-refractivity contribution in [2.24, 2.45) is 0 Å². The van der Waals surface area contributed by atoms with E-state index < -0.39 is 27.9 Å². The average Bonchev–Trinajstić information content (AvgIpc) is 2.81. The number of carbonyl (C=O) groups is 2. The van der Waals surface area contributed by atoms with E-state index in [0.717, 1.165) is 11.1 Å². The van der Waals surface area contributed by atoms with Crippen molar-refractivity contribution in [2.75, 3.05) is 6.54 Å². The van der Waals surface area contributed by atoms with E-state index in [0.29, 0.717) is 0 Å². The molecular formula is C24H24N2O6S. The van der Waals surface area contributed by atoms with E-state index in [1.807, 2.05) is 30.3 Å². The van der Waals surface area contributed by atoms with Gasteiger partial charge >= 0.3 is 5.97 Å². The van der Waals surface area contributed by atoms with Crippen molar-refractivity contribution < 1.29 is 28.2 Å². The van der Waals surface area contributed by atoms with Crippen LogP contribution in [-0.4, -0.2) is 43.1 Å². The molecule has 0 bridgehead atoms. The minimum absolute atomic E-state index is 0.0300. The number of sulfonamides is 1. The number of aliphatic carboxylic acids is 1. The molecule has 1 atom stereocenters. The van der Waals surface area contributed by atoms with E-state index >= 15 is 0 Å². The van der Waals surface area contributed by atoms with Crippen molar-refractivity contribution in [2.45, 2.75) is 23.8 Å². The SMILES string of the molecule is O=C(NCCCC(NS(=O)(=O)c1ccc(-c2ccccc2)cc1)C(=O)O)c1ccccc1O. The molecule has 3 rings (SSSR count). The molecule has 0 heterocycles. The first kappa shape index (κ1) is 24.0. The molecule has 0 saturated carbocycles. The number of rotatable bonds is 10. The van der Waals surface area contributed by atoms with Gasteiger partial charge < -0.3 is 15.5 Å². The molecule has 0 radical (unpaired) electrons. The van der Waals surface area contributed by atoms with Crippen LogP contribution in [0.4, 0.5) is 0 Å². The van der Waals surface area contributed by atoms with Gasteiger partial charge in [-0.25, -0.2) is 8.42 Å². The zero-order valence-electron chi connectivity index (χ0n) is 17.6. The van der Waals surface area contributed by atoms with Crippen molar-refractivity contribution >= 4 is 21.9 Å². The predicted molar refractivity (Wildman–Crippen MR) is 123 cm³/mol. The lowest BCUT2D eigenvalue weighted by Crippen LogP contribution is -2.41. The highest BCUT2D eigenvalue weighted by molar-refractivity contribution is 7.89. The number of carboxylic acid groups (broad SMARTS) is 1. The number of nitrogens with one attached hydrogen (secondary N) is 2. The summed E-state index contributed by atoms with van der Waals surface area (Å²) < 4.78 is 27.6.